The van der Waals surface area contributed by atoms with E-state index in [4.69, 9.17) is 9.97 Å². The minimum atomic E-state index is 0.0778. The number of fused-ring (bicyclic) bond motifs is 1. The van der Waals surface area contributed by atoms with Crippen molar-refractivity contribution in [3.63, 3.8) is 0 Å². The Hall–Kier alpha value is -2.56. The molecule has 14 heteroatoms. The first kappa shape index (κ1) is 129. The van der Waals surface area contributed by atoms with Crippen LogP contribution in [0.3, 0.4) is 0 Å². The number of unbranched alkanes of at least 4 members (excludes halogenated alkanes) is 70. The average Bonchev–Trinajstić information content (AvgIpc) is 1.54. The van der Waals surface area contributed by atoms with E-state index in [1.54, 1.807) is 0 Å². The molecular formula is C132H220Br2N4O2S6. The maximum Gasteiger partial charge on any atom is 0.261 e. The van der Waals surface area contributed by atoms with E-state index in [-0.39, 0.29) is 11.8 Å². The number of aromatic nitrogens is 2. The minimum Gasteiger partial charge on any atom is -0.306 e. The predicted molar refractivity (Wildman–Crippen MR) is 664 cm³/mol. The second kappa shape index (κ2) is 82.9. The van der Waals surface area contributed by atoms with Gasteiger partial charge in [0.15, 0.2) is 0 Å². The van der Waals surface area contributed by atoms with Crippen LogP contribution in [-0.2, 0) is 48.1 Å². The van der Waals surface area contributed by atoms with Crippen molar-refractivity contribution in [3.05, 3.63) is 86.4 Å². The standard InChI is InChI=1S/C132H220Br2N4O2S6/c1-11-21-31-41-49-55-61-67-75-85-95-109-101-115(123-111(103-117(133)143-123)97-87-77-69-63-57-51-43-33-23-13-3)141-125(109)129-135-113(99-89-79-71-65-59-53-45-35-25-15-5)127(145-129)121-119-120(132(140)137(121)105-107(91-81-39-29-19-9)93-83-73-47-37-27-17-7)122(138(131(119)139)106-108(92-82-40-30-20-10)94-84-74-48-38-28-18-8)128-114(100-90-80-72-66-60-54-46-36-26-16-6)136-130(146-128)126-110(96-86-76-68-62-56-50-42-32-22-12-2)102-116(142-126)124-112(104-118(134)144-124)98-88-78-70-64-58-52-44-34-24-14-4/h101-104,107-108H,11-100,105-106H2,1-10H3. The molecule has 6 aromatic heterocycles. The number of aryl methyl sites for hydroxylation is 6. The van der Waals surface area contributed by atoms with Gasteiger partial charge in [0.05, 0.1) is 61.0 Å². The number of nitrogens with zero attached hydrogens (tertiary/aromatic N) is 4. The van der Waals surface area contributed by atoms with Gasteiger partial charge in [-0.15, -0.1) is 68.0 Å². The number of thiazole rings is 2. The van der Waals surface area contributed by atoms with E-state index in [1.165, 1.54) is 547 Å². The molecule has 8 heterocycles. The number of hydrogen-bond donors (Lipinski definition) is 0. The summed E-state index contributed by atoms with van der Waals surface area (Å²) in [6.45, 7) is 24.7. The normalized spacial score (nSPS) is 13.4. The van der Waals surface area contributed by atoms with Crippen LogP contribution in [0.2, 0.25) is 0 Å². The van der Waals surface area contributed by atoms with Gasteiger partial charge in [-0.05, 0) is 193 Å². The molecule has 0 bridgehead atoms. The Kier molecular flexibility index (Phi) is 73.0. The smallest absolute Gasteiger partial charge is 0.261 e. The van der Waals surface area contributed by atoms with E-state index in [2.05, 4.69) is 135 Å². The Morgan fingerprint density at radius 2 is 0.411 bits per heavy atom. The maximum absolute atomic E-state index is 18.1. The molecule has 0 aliphatic carbocycles. The third-order valence-electron chi connectivity index (χ3n) is 32.5. The molecular weight excluding hydrogens is 2030 g/mol. The van der Waals surface area contributed by atoms with Crippen LogP contribution in [0.1, 0.15) is 652 Å². The highest BCUT2D eigenvalue weighted by atomic mass is 79.9. The summed E-state index contributed by atoms with van der Waals surface area (Å²) >= 11 is 20.0. The molecule has 2 atom stereocenters. The summed E-state index contributed by atoms with van der Waals surface area (Å²) in [5.74, 6) is 0.748. The van der Waals surface area contributed by atoms with Gasteiger partial charge in [0.2, 0.25) is 0 Å². The summed E-state index contributed by atoms with van der Waals surface area (Å²) in [4.78, 5) is 63.9. The van der Waals surface area contributed by atoms with E-state index in [1.807, 2.05) is 68.0 Å². The highest BCUT2D eigenvalue weighted by molar-refractivity contribution is 9.11. The van der Waals surface area contributed by atoms with Gasteiger partial charge >= 0.3 is 0 Å². The van der Waals surface area contributed by atoms with Gasteiger partial charge in [0.25, 0.3) is 11.8 Å². The van der Waals surface area contributed by atoms with Crippen LogP contribution < -0.4 is 0 Å². The fourth-order valence-corrected chi connectivity index (χ4v) is 32.0. The quantitative estimate of drug-likeness (QED) is 0.0357. The summed E-state index contributed by atoms with van der Waals surface area (Å²) in [6.07, 6.45) is 114. The molecule has 2 aliphatic rings. The molecule has 0 radical (unpaired) electrons. The van der Waals surface area contributed by atoms with Gasteiger partial charge in [0, 0.05) is 32.6 Å². The van der Waals surface area contributed by atoms with Crippen LogP contribution in [0.15, 0.2) is 43.0 Å². The van der Waals surface area contributed by atoms with Gasteiger partial charge in [-0.3, -0.25) is 9.59 Å². The first-order chi connectivity index (χ1) is 71.9. The summed E-state index contributed by atoms with van der Waals surface area (Å²) in [7, 11) is 0. The van der Waals surface area contributed by atoms with Crippen LogP contribution in [0.4, 0.5) is 0 Å². The maximum atomic E-state index is 18.1. The van der Waals surface area contributed by atoms with Gasteiger partial charge < -0.3 is 9.80 Å². The number of hydrogen-bond acceptors (Lipinski definition) is 10. The van der Waals surface area contributed by atoms with Crippen molar-refractivity contribution in [1.29, 1.82) is 0 Å². The van der Waals surface area contributed by atoms with Gasteiger partial charge in [0.1, 0.15) is 10.0 Å². The Bertz CT molecular complexity index is 4080. The highest BCUT2D eigenvalue weighted by Gasteiger charge is 2.52. The highest BCUT2D eigenvalue weighted by Crippen LogP contribution is 2.56. The Morgan fingerprint density at radius 1 is 0.219 bits per heavy atom. The molecule has 0 saturated heterocycles. The lowest BCUT2D eigenvalue weighted by Crippen LogP contribution is -2.35. The molecule has 0 saturated carbocycles. The number of amides is 2. The lowest BCUT2D eigenvalue weighted by molar-refractivity contribution is -0.124. The Morgan fingerprint density at radius 3 is 0.637 bits per heavy atom. The molecule has 830 valence electrons. The largest absolute Gasteiger partial charge is 0.306 e. The number of carbonyl (C=O) groups excluding carboxylic acids is 2. The number of thiophene rings is 4. The second-order valence-electron chi connectivity index (χ2n) is 45.7. The van der Waals surface area contributed by atoms with Crippen molar-refractivity contribution in [3.8, 4) is 39.3 Å². The summed E-state index contributed by atoms with van der Waals surface area (Å²) in [5, 5.41) is 2.22. The minimum absolute atomic E-state index is 0.0778. The fraction of sp³-hybridized carbons (Fsp3) is 0.788. The molecule has 0 N–H and O–H groups in total. The Labute approximate surface area is 941 Å². The van der Waals surface area contributed by atoms with Gasteiger partial charge in [-0.2, -0.15) is 0 Å². The summed E-state index contributed by atoms with van der Waals surface area (Å²) < 4.78 is 2.46. The van der Waals surface area contributed by atoms with Crippen molar-refractivity contribution < 1.29 is 9.59 Å². The molecule has 0 aromatic carbocycles. The van der Waals surface area contributed by atoms with Crippen molar-refractivity contribution in [1.82, 2.24) is 19.8 Å². The average molecular weight is 2250 g/mol. The van der Waals surface area contributed by atoms with E-state index < -0.39 is 0 Å². The zero-order valence-electron chi connectivity index (χ0n) is 96.3. The molecule has 146 heavy (non-hydrogen) atoms. The predicted octanol–water partition coefficient (Wildman–Crippen LogP) is 48.3. The van der Waals surface area contributed by atoms with Crippen molar-refractivity contribution in [2.45, 2.75) is 647 Å². The first-order valence-electron chi connectivity index (χ1n) is 63.9. The lowest BCUT2D eigenvalue weighted by atomic mass is 9.93. The van der Waals surface area contributed by atoms with Crippen LogP contribution in [0.25, 0.3) is 50.7 Å². The summed E-state index contributed by atoms with van der Waals surface area (Å²) in [6, 6.07) is 10.2. The lowest BCUT2D eigenvalue weighted by Gasteiger charge is -2.30. The molecule has 2 unspecified atom stereocenters. The monoisotopic (exact) mass is 2240 g/mol. The topological polar surface area (TPSA) is 66.4 Å². The number of rotatable bonds is 100. The third-order valence-corrected chi connectivity index (χ3v) is 41.1. The molecule has 0 spiro atoms. The molecule has 2 aliphatic heterocycles. The number of carbonyl (C=O) groups is 2. The van der Waals surface area contributed by atoms with E-state index in [0.717, 1.165) is 132 Å². The van der Waals surface area contributed by atoms with Gasteiger partial charge in [-0.1, -0.05) is 544 Å². The zero-order chi connectivity index (χ0) is 104. The number of halogens is 2. The summed E-state index contributed by atoms with van der Waals surface area (Å²) in [5.41, 5.74) is 11.4. The van der Waals surface area contributed by atoms with Gasteiger partial charge in [-0.25, -0.2) is 9.97 Å². The van der Waals surface area contributed by atoms with Crippen molar-refractivity contribution in [2.75, 3.05) is 13.1 Å². The van der Waals surface area contributed by atoms with Crippen LogP contribution in [-0.4, -0.2) is 44.7 Å². The van der Waals surface area contributed by atoms with Crippen LogP contribution in [0, 0.1) is 11.8 Å². The van der Waals surface area contributed by atoms with Crippen molar-refractivity contribution >= 4 is 123 Å². The molecule has 2 amide bonds. The Balaban J connectivity index is 1.40. The van der Waals surface area contributed by atoms with Crippen LogP contribution in [0.5, 0.6) is 0 Å². The SMILES string of the molecule is CCCCCCCCCCCCc1cc(Br)sc1-c1cc(CCCCCCCCCCCC)c(-c2nc(CCCCCCCCCCCC)c(C3=C4C(=O)N(CC(CCCCCC)CCCCCCCC)C(c5sc(-c6sc(-c7sc(Br)cc7CCCCCCCCCCCC)cc6CCCCCCCCCCCC)nc5CCCCCCCCCCCC)=C4C(=O)N3CC(CCCCCC)CCCCCCCC)s2)s1. The van der Waals surface area contributed by atoms with E-state index in [0.29, 0.717) is 36.1 Å². The zero-order valence-corrected chi connectivity index (χ0v) is 104. The van der Waals surface area contributed by atoms with E-state index >= 15 is 9.59 Å². The first-order valence-corrected chi connectivity index (χ1v) is 70.3. The third kappa shape index (κ3) is 49.5. The van der Waals surface area contributed by atoms with E-state index in [9.17, 15) is 0 Å². The van der Waals surface area contributed by atoms with Crippen molar-refractivity contribution in [2.24, 2.45) is 11.8 Å². The molecule has 6 nitrogen and oxygen atoms in total. The molecule has 6 aromatic rings. The van der Waals surface area contributed by atoms with Crippen LogP contribution >= 0.6 is 99.9 Å². The molecule has 0 fully saturated rings. The second-order valence-corrected chi connectivity index (χ2v) is 54.7. The fourth-order valence-electron chi connectivity index (χ4n) is 23.3. The molecule has 8 rings (SSSR count).